The lowest BCUT2D eigenvalue weighted by atomic mass is 10.0. The Morgan fingerprint density at radius 2 is 1.90 bits per heavy atom. The normalized spacial score (nSPS) is 12.2. The van der Waals surface area contributed by atoms with Gasteiger partial charge in [0.2, 0.25) is 11.7 Å². The first-order chi connectivity index (χ1) is 14.9. The van der Waals surface area contributed by atoms with Crippen LogP contribution in [0.15, 0.2) is 53.3 Å². The van der Waals surface area contributed by atoms with Gasteiger partial charge >= 0.3 is 0 Å². The van der Waals surface area contributed by atoms with Gasteiger partial charge in [0.25, 0.3) is 5.91 Å². The number of rotatable bonds is 6. The summed E-state index contributed by atoms with van der Waals surface area (Å²) in [6, 6.07) is 11.0. The Labute approximate surface area is 179 Å². The molecule has 1 unspecified atom stereocenters. The Hall–Kier alpha value is -3.88. The first-order valence-corrected chi connectivity index (χ1v) is 9.98. The van der Waals surface area contributed by atoms with E-state index in [9.17, 15) is 4.79 Å². The van der Waals surface area contributed by atoms with Crippen LogP contribution in [0.1, 0.15) is 47.5 Å². The van der Waals surface area contributed by atoms with E-state index in [1.54, 1.807) is 23.1 Å². The summed E-state index contributed by atoms with van der Waals surface area (Å²) in [5.41, 5.74) is 3.62. The predicted molar refractivity (Wildman–Crippen MR) is 113 cm³/mol. The maximum Gasteiger partial charge on any atom is 0.274 e. The Kier molecular flexibility index (Phi) is 5.57. The Balaban J connectivity index is 1.56. The molecule has 3 aromatic heterocycles. The van der Waals surface area contributed by atoms with Crippen LogP contribution in [-0.4, -0.2) is 36.0 Å². The molecule has 0 fully saturated rings. The fourth-order valence-electron chi connectivity index (χ4n) is 3.17. The van der Waals surface area contributed by atoms with Crippen molar-refractivity contribution in [1.29, 1.82) is 0 Å². The van der Waals surface area contributed by atoms with Crippen LogP contribution < -0.4 is 5.32 Å². The second kappa shape index (κ2) is 8.47. The Morgan fingerprint density at radius 1 is 1.13 bits per heavy atom. The zero-order valence-electron chi connectivity index (χ0n) is 17.8. The molecule has 9 nitrogen and oxygen atoms in total. The molecule has 4 aromatic rings. The molecule has 0 radical (unpaired) electrons. The van der Waals surface area contributed by atoms with E-state index in [1.807, 2.05) is 58.0 Å². The Morgan fingerprint density at radius 3 is 2.58 bits per heavy atom. The molecule has 1 N–H and O–H groups in total. The van der Waals surface area contributed by atoms with Crippen molar-refractivity contribution < 1.29 is 9.32 Å². The van der Waals surface area contributed by atoms with Gasteiger partial charge in [-0.1, -0.05) is 41.9 Å². The van der Waals surface area contributed by atoms with Crippen molar-refractivity contribution in [3.63, 3.8) is 0 Å². The molecule has 3 heterocycles. The molecule has 0 bridgehead atoms. The predicted octanol–water partition coefficient (Wildman–Crippen LogP) is 3.46. The van der Waals surface area contributed by atoms with Gasteiger partial charge in [-0.25, -0.2) is 4.68 Å². The molecule has 31 heavy (non-hydrogen) atoms. The largest absolute Gasteiger partial charge is 0.339 e. The number of carbonyl (C=O) groups excluding carboxylic acids is 1. The first-order valence-electron chi connectivity index (χ1n) is 9.98. The summed E-state index contributed by atoms with van der Waals surface area (Å²) in [7, 11) is 0. The van der Waals surface area contributed by atoms with Crippen LogP contribution in [0.5, 0.6) is 0 Å². The van der Waals surface area contributed by atoms with Gasteiger partial charge in [0, 0.05) is 18.0 Å². The number of aryl methyl sites for hydroxylation is 1. The number of nitrogens with zero attached hydrogens (tertiary/aromatic N) is 6. The number of pyridine rings is 1. The topological polar surface area (TPSA) is 112 Å². The minimum atomic E-state index is -0.477. The van der Waals surface area contributed by atoms with Crippen LogP contribution in [0, 0.1) is 19.8 Å². The van der Waals surface area contributed by atoms with Gasteiger partial charge < -0.3 is 9.84 Å². The molecule has 0 spiro atoms. The molecule has 0 aliphatic rings. The maximum atomic E-state index is 13.0. The van der Waals surface area contributed by atoms with E-state index in [0.717, 1.165) is 16.8 Å². The standard InChI is InChI=1S/C22H23N7O2/c1-13(2)18(22-25-20(27-31-22)16-6-5-11-23-12-16)24-21(30)19-15(4)29(28-26-19)17-9-7-14(3)8-10-17/h5-13,18H,1-4H3,(H,24,30). The average molecular weight is 417 g/mol. The maximum absolute atomic E-state index is 13.0. The summed E-state index contributed by atoms with van der Waals surface area (Å²) in [6.45, 7) is 7.76. The summed E-state index contributed by atoms with van der Waals surface area (Å²) in [5, 5.41) is 15.2. The summed E-state index contributed by atoms with van der Waals surface area (Å²) < 4.78 is 7.10. The van der Waals surface area contributed by atoms with Crippen molar-refractivity contribution in [1.82, 2.24) is 35.4 Å². The number of benzene rings is 1. The molecule has 158 valence electrons. The highest BCUT2D eigenvalue weighted by Crippen LogP contribution is 2.24. The monoisotopic (exact) mass is 417 g/mol. The molecule has 0 aliphatic carbocycles. The molecule has 9 heteroatoms. The minimum absolute atomic E-state index is 0.0126. The van der Waals surface area contributed by atoms with Crippen LogP contribution >= 0.6 is 0 Å². The molecule has 1 atom stereocenters. The van der Waals surface area contributed by atoms with Crippen molar-refractivity contribution in [2.45, 2.75) is 33.7 Å². The zero-order chi connectivity index (χ0) is 22.0. The van der Waals surface area contributed by atoms with Gasteiger partial charge in [-0.2, -0.15) is 4.98 Å². The molecular weight excluding hydrogens is 394 g/mol. The highest BCUT2D eigenvalue weighted by atomic mass is 16.5. The molecule has 0 saturated heterocycles. The third-order valence-corrected chi connectivity index (χ3v) is 4.97. The van der Waals surface area contributed by atoms with Gasteiger partial charge in [-0.15, -0.1) is 5.10 Å². The third kappa shape index (κ3) is 4.20. The van der Waals surface area contributed by atoms with Gasteiger partial charge in [0.1, 0.15) is 6.04 Å². The Bertz CT molecular complexity index is 1180. The number of nitrogens with one attached hydrogen (secondary N) is 1. The fraction of sp³-hybridized carbons (Fsp3) is 0.273. The highest BCUT2D eigenvalue weighted by molar-refractivity contribution is 5.93. The van der Waals surface area contributed by atoms with Gasteiger partial charge in [0.15, 0.2) is 5.69 Å². The number of hydrogen-bond donors (Lipinski definition) is 1. The van der Waals surface area contributed by atoms with Crippen molar-refractivity contribution >= 4 is 5.91 Å². The molecule has 4 rings (SSSR count). The zero-order valence-corrected chi connectivity index (χ0v) is 17.8. The fourth-order valence-corrected chi connectivity index (χ4v) is 3.17. The smallest absolute Gasteiger partial charge is 0.274 e. The SMILES string of the molecule is Cc1ccc(-n2nnc(C(=O)NC(c3nc(-c4cccnc4)no3)C(C)C)c2C)cc1. The van der Waals surface area contributed by atoms with E-state index in [1.165, 1.54) is 0 Å². The third-order valence-electron chi connectivity index (χ3n) is 4.97. The highest BCUT2D eigenvalue weighted by Gasteiger charge is 2.27. The van der Waals surface area contributed by atoms with E-state index < -0.39 is 6.04 Å². The lowest BCUT2D eigenvalue weighted by molar-refractivity contribution is 0.0908. The number of aromatic nitrogens is 6. The summed E-state index contributed by atoms with van der Waals surface area (Å²) in [4.78, 5) is 21.5. The minimum Gasteiger partial charge on any atom is -0.339 e. The summed E-state index contributed by atoms with van der Waals surface area (Å²) in [5.74, 6) is 0.407. The quantitative estimate of drug-likeness (QED) is 0.511. The first kappa shape index (κ1) is 20.4. The number of carbonyl (C=O) groups is 1. The molecule has 0 saturated carbocycles. The van der Waals surface area contributed by atoms with Crippen LogP contribution in [0.4, 0.5) is 0 Å². The molecule has 0 aliphatic heterocycles. The second-order valence-electron chi connectivity index (χ2n) is 7.66. The van der Waals surface area contributed by atoms with Crippen LogP contribution in [-0.2, 0) is 0 Å². The van der Waals surface area contributed by atoms with Crippen molar-refractivity contribution in [3.8, 4) is 17.1 Å². The molecule has 1 aromatic carbocycles. The van der Waals surface area contributed by atoms with Crippen molar-refractivity contribution in [2.24, 2.45) is 5.92 Å². The molecular formula is C22H23N7O2. The van der Waals surface area contributed by atoms with Gasteiger partial charge in [-0.3, -0.25) is 9.78 Å². The van der Waals surface area contributed by atoms with Crippen molar-refractivity contribution in [2.75, 3.05) is 0 Å². The average Bonchev–Trinajstić information content (AvgIpc) is 3.40. The van der Waals surface area contributed by atoms with E-state index in [4.69, 9.17) is 4.52 Å². The van der Waals surface area contributed by atoms with E-state index in [-0.39, 0.29) is 17.5 Å². The number of amides is 1. The van der Waals surface area contributed by atoms with Crippen LogP contribution in [0.2, 0.25) is 0 Å². The molecule has 1 amide bonds. The lowest BCUT2D eigenvalue weighted by Gasteiger charge is -2.18. The van der Waals surface area contributed by atoms with Gasteiger partial charge in [-0.05, 0) is 44.0 Å². The van der Waals surface area contributed by atoms with E-state index >= 15 is 0 Å². The lowest BCUT2D eigenvalue weighted by Crippen LogP contribution is -2.32. The van der Waals surface area contributed by atoms with Gasteiger partial charge in [0.05, 0.1) is 11.4 Å². The summed E-state index contributed by atoms with van der Waals surface area (Å²) >= 11 is 0. The van der Waals surface area contributed by atoms with Crippen molar-refractivity contribution in [3.05, 3.63) is 71.6 Å². The second-order valence-corrected chi connectivity index (χ2v) is 7.66. The van der Waals surface area contributed by atoms with E-state index in [2.05, 4.69) is 30.8 Å². The van der Waals surface area contributed by atoms with E-state index in [0.29, 0.717) is 17.4 Å². The summed E-state index contributed by atoms with van der Waals surface area (Å²) in [6.07, 6.45) is 3.33. The number of hydrogen-bond acceptors (Lipinski definition) is 7. The van der Waals surface area contributed by atoms with Crippen LogP contribution in [0.25, 0.3) is 17.1 Å². The van der Waals surface area contributed by atoms with Crippen LogP contribution in [0.3, 0.4) is 0 Å².